The lowest BCUT2D eigenvalue weighted by molar-refractivity contribution is 0.637. The van der Waals surface area contributed by atoms with E-state index in [1.807, 2.05) is 42.7 Å². The Balaban J connectivity index is 0.00000225. The first-order chi connectivity index (χ1) is 11.9. The van der Waals surface area contributed by atoms with Gasteiger partial charge in [0.1, 0.15) is 0 Å². The van der Waals surface area contributed by atoms with Crippen molar-refractivity contribution in [2.45, 2.75) is 19.5 Å². The lowest BCUT2D eigenvalue weighted by Gasteiger charge is -2.12. The highest BCUT2D eigenvalue weighted by Gasteiger charge is 2.01. The minimum absolute atomic E-state index is 0. The van der Waals surface area contributed by atoms with Gasteiger partial charge in [-0.05, 0) is 24.1 Å². The third-order valence-corrected chi connectivity index (χ3v) is 3.92. The van der Waals surface area contributed by atoms with Crippen molar-refractivity contribution in [3.05, 3.63) is 66.5 Å². The van der Waals surface area contributed by atoms with E-state index >= 15 is 0 Å². The molecule has 0 saturated carbocycles. The molecular formula is C19H24IN5. The van der Waals surface area contributed by atoms with Crippen LogP contribution in [0.2, 0.25) is 0 Å². The topological polar surface area (TPSA) is 54.2 Å². The Labute approximate surface area is 165 Å². The van der Waals surface area contributed by atoms with E-state index in [9.17, 15) is 0 Å². The van der Waals surface area contributed by atoms with Gasteiger partial charge >= 0.3 is 0 Å². The van der Waals surface area contributed by atoms with Crippen molar-refractivity contribution in [3.8, 4) is 0 Å². The number of aliphatic imine (C=N–C) groups is 1. The largest absolute Gasteiger partial charge is 0.356 e. The van der Waals surface area contributed by atoms with Crippen LogP contribution in [0.1, 0.15) is 12.0 Å². The summed E-state index contributed by atoms with van der Waals surface area (Å²) in [5.41, 5.74) is 3.47. The molecule has 2 N–H and O–H groups in total. The number of nitrogens with one attached hydrogen (secondary N) is 2. The molecule has 0 unspecified atom stereocenters. The van der Waals surface area contributed by atoms with E-state index in [0.29, 0.717) is 0 Å². The molecule has 0 spiro atoms. The number of benzene rings is 2. The van der Waals surface area contributed by atoms with Gasteiger partial charge in [-0.3, -0.25) is 4.99 Å². The second kappa shape index (κ2) is 10.0. The zero-order valence-corrected chi connectivity index (χ0v) is 16.7. The van der Waals surface area contributed by atoms with Gasteiger partial charge in [0.15, 0.2) is 5.96 Å². The maximum absolute atomic E-state index is 4.42. The molecule has 0 fully saturated rings. The number of halogens is 1. The van der Waals surface area contributed by atoms with Crippen molar-refractivity contribution in [2.24, 2.45) is 4.99 Å². The van der Waals surface area contributed by atoms with Crippen molar-refractivity contribution in [1.29, 1.82) is 0 Å². The molecule has 25 heavy (non-hydrogen) atoms. The van der Waals surface area contributed by atoms with Crippen LogP contribution in [0.15, 0.2) is 65.9 Å². The van der Waals surface area contributed by atoms with Gasteiger partial charge in [0.05, 0.1) is 17.4 Å². The third kappa shape index (κ3) is 5.45. The van der Waals surface area contributed by atoms with Gasteiger partial charge < -0.3 is 15.2 Å². The van der Waals surface area contributed by atoms with Crippen molar-refractivity contribution < 1.29 is 0 Å². The maximum atomic E-state index is 4.42. The molecule has 0 aliphatic rings. The Hall–Kier alpha value is -2.09. The molecule has 0 amide bonds. The highest BCUT2D eigenvalue weighted by molar-refractivity contribution is 14.0. The van der Waals surface area contributed by atoms with E-state index in [2.05, 4.69) is 43.4 Å². The molecule has 132 valence electrons. The zero-order chi connectivity index (χ0) is 16.6. The zero-order valence-electron chi connectivity index (χ0n) is 14.4. The van der Waals surface area contributed by atoms with Crippen molar-refractivity contribution in [3.63, 3.8) is 0 Å². The Morgan fingerprint density at radius 1 is 1.04 bits per heavy atom. The number of para-hydroxylation sites is 2. The average molecular weight is 449 g/mol. The fraction of sp³-hybridized carbons (Fsp3) is 0.263. The van der Waals surface area contributed by atoms with Crippen LogP contribution in [-0.4, -0.2) is 29.1 Å². The highest BCUT2D eigenvalue weighted by Crippen LogP contribution is 2.11. The summed E-state index contributed by atoms with van der Waals surface area (Å²) in [7, 11) is 1.80. The molecule has 5 nitrogen and oxygen atoms in total. The Morgan fingerprint density at radius 2 is 1.80 bits per heavy atom. The van der Waals surface area contributed by atoms with Crippen LogP contribution in [0.4, 0.5) is 0 Å². The first-order valence-electron chi connectivity index (χ1n) is 8.25. The van der Waals surface area contributed by atoms with Crippen molar-refractivity contribution >= 4 is 41.0 Å². The first kappa shape index (κ1) is 19.2. The molecule has 1 heterocycles. The van der Waals surface area contributed by atoms with Crippen LogP contribution < -0.4 is 10.6 Å². The molecule has 0 aliphatic heterocycles. The summed E-state index contributed by atoms with van der Waals surface area (Å²) in [6, 6.07) is 18.5. The number of aryl methyl sites for hydroxylation is 1. The summed E-state index contributed by atoms with van der Waals surface area (Å²) in [5.74, 6) is 0.828. The van der Waals surface area contributed by atoms with Gasteiger partial charge in [0, 0.05) is 26.7 Å². The number of aromatic nitrogens is 2. The Kier molecular flexibility index (Phi) is 7.72. The van der Waals surface area contributed by atoms with Crippen LogP contribution in [-0.2, 0) is 13.1 Å². The van der Waals surface area contributed by atoms with Gasteiger partial charge in [-0.25, -0.2) is 4.98 Å². The fourth-order valence-electron chi connectivity index (χ4n) is 2.65. The average Bonchev–Trinajstić information content (AvgIpc) is 3.05. The van der Waals surface area contributed by atoms with Gasteiger partial charge in [0.2, 0.25) is 0 Å². The lowest BCUT2D eigenvalue weighted by atomic mass is 10.2. The monoisotopic (exact) mass is 449 g/mol. The van der Waals surface area contributed by atoms with Gasteiger partial charge in [0.25, 0.3) is 0 Å². The molecule has 0 atom stereocenters. The van der Waals surface area contributed by atoms with E-state index in [0.717, 1.165) is 37.5 Å². The smallest absolute Gasteiger partial charge is 0.191 e. The fourth-order valence-corrected chi connectivity index (χ4v) is 2.65. The van der Waals surface area contributed by atoms with Crippen LogP contribution in [0.25, 0.3) is 11.0 Å². The molecule has 1 aromatic heterocycles. The van der Waals surface area contributed by atoms with E-state index in [1.165, 1.54) is 11.1 Å². The van der Waals surface area contributed by atoms with E-state index < -0.39 is 0 Å². The van der Waals surface area contributed by atoms with Crippen LogP contribution in [0.3, 0.4) is 0 Å². The standard InChI is InChI=1S/C19H23N5.HI/c1-20-19(22-14-16-8-3-2-4-9-16)21-12-7-13-24-15-23-17-10-5-6-11-18(17)24;/h2-6,8-11,15H,7,12-14H2,1H3,(H2,20,21,22);1H. The summed E-state index contributed by atoms with van der Waals surface area (Å²) >= 11 is 0. The molecule has 0 aliphatic carbocycles. The molecule has 3 aromatic rings. The number of hydrogen-bond acceptors (Lipinski definition) is 2. The van der Waals surface area contributed by atoms with E-state index in [-0.39, 0.29) is 24.0 Å². The number of imidazole rings is 1. The molecule has 0 saturated heterocycles. The van der Waals surface area contributed by atoms with Crippen LogP contribution in [0, 0.1) is 0 Å². The Bertz CT molecular complexity index is 798. The molecular weight excluding hydrogens is 425 g/mol. The maximum Gasteiger partial charge on any atom is 0.191 e. The van der Waals surface area contributed by atoms with E-state index in [1.54, 1.807) is 7.05 Å². The quantitative estimate of drug-likeness (QED) is 0.263. The number of hydrogen-bond donors (Lipinski definition) is 2. The SMILES string of the molecule is CN=C(NCCCn1cnc2ccccc21)NCc1ccccc1.I. The van der Waals surface area contributed by atoms with Crippen molar-refractivity contribution in [2.75, 3.05) is 13.6 Å². The van der Waals surface area contributed by atoms with Crippen molar-refractivity contribution in [1.82, 2.24) is 20.2 Å². The second-order valence-corrected chi connectivity index (χ2v) is 5.62. The summed E-state index contributed by atoms with van der Waals surface area (Å²) in [4.78, 5) is 8.68. The minimum atomic E-state index is 0. The Morgan fingerprint density at radius 3 is 2.60 bits per heavy atom. The van der Waals surface area contributed by atoms with Crippen LogP contribution in [0.5, 0.6) is 0 Å². The molecule has 0 bridgehead atoms. The van der Waals surface area contributed by atoms with Gasteiger partial charge in [-0.2, -0.15) is 0 Å². The number of guanidine groups is 1. The normalized spacial score (nSPS) is 11.2. The predicted octanol–water partition coefficient (Wildman–Crippen LogP) is 3.41. The summed E-state index contributed by atoms with van der Waals surface area (Å²) in [5, 5.41) is 6.68. The molecule has 0 radical (unpaired) electrons. The summed E-state index contributed by atoms with van der Waals surface area (Å²) in [6.07, 6.45) is 2.92. The predicted molar refractivity (Wildman–Crippen MR) is 114 cm³/mol. The minimum Gasteiger partial charge on any atom is -0.356 e. The lowest BCUT2D eigenvalue weighted by Crippen LogP contribution is -2.37. The second-order valence-electron chi connectivity index (χ2n) is 5.62. The molecule has 2 aromatic carbocycles. The number of fused-ring (bicyclic) bond motifs is 1. The molecule has 3 rings (SSSR count). The summed E-state index contributed by atoms with van der Waals surface area (Å²) in [6.45, 7) is 2.57. The number of rotatable bonds is 6. The van der Waals surface area contributed by atoms with Gasteiger partial charge in [-0.15, -0.1) is 24.0 Å². The van der Waals surface area contributed by atoms with Crippen LogP contribution >= 0.6 is 24.0 Å². The number of nitrogens with zero attached hydrogens (tertiary/aromatic N) is 3. The summed E-state index contributed by atoms with van der Waals surface area (Å²) < 4.78 is 2.19. The molecule has 6 heteroatoms. The van der Waals surface area contributed by atoms with Gasteiger partial charge in [-0.1, -0.05) is 42.5 Å². The third-order valence-electron chi connectivity index (χ3n) is 3.92. The first-order valence-corrected chi connectivity index (χ1v) is 8.25. The van der Waals surface area contributed by atoms with E-state index in [4.69, 9.17) is 0 Å². The highest BCUT2D eigenvalue weighted by atomic mass is 127.